The fraction of sp³-hybridized carbons (Fsp3) is 0.133. The predicted octanol–water partition coefficient (Wildman–Crippen LogP) is 3.03. The highest BCUT2D eigenvalue weighted by molar-refractivity contribution is 7.06. The zero-order valence-electron chi connectivity index (χ0n) is 12.6. The number of anilines is 2. The normalized spacial score (nSPS) is 11.0. The molecule has 0 radical (unpaired) electrons. The Kier molecular flexibility index (Phi) is 3.23. The molecule has 4 rings (SSSR count). The molecule has 0 spiro atoms. The number of aryl methyl sites for hydroxylation is 2. The highest BCUT2D eigenvalue weighted by Gasteiger charge is 2.14. The van der Waals surface area contributed by atoms with Gasteiger partial charge < -0.3 is 5.32 Å². The van der Waals surface area contributed by atoms with Gasteiger partial charge in [0.15, 0.2) is 11.5 Å². The van der Waals surface area contributed by atoms with Crippen molar-refractivity contribution in [2.75, 3.05) is 5.32 Å². The van der Waals surface area contributed by atoms with Gasteiger partial charge in [0.1, 0.15) is 12.1 Å². The molecule has 0 fully saturated rings. The van der Waals surface area contributed by atoms with E-state index in [0.29, 0.717) is 11.5 Å². The van der Waals surface area contributed by atoms with Gasteiger partial charge in [-0.3, -0.25) is 0 Å². The first-order valence-electron chi connectivity index (χ1n) is 7.04. The number of rotatable bonds is 3. The average molecular weight is 323 g/mol. The Labute approximate surface area is 136 Å². The Hall–Kier alpha value is -2.87. The van der Waals surface area contributed by atoms with Crippen LogP contribution in [-0.4, -0.2) is 29.1 Å². The van der Waals surface area contributed by atoms with E-state index in [0.717, 1.165) is 27.5 Å². The van der Waals surface area contributed by atoms with Crippen molar-refractivity contribution in [1.82, 2.24) is 29.1 Å². The smallest absolute Gasteiger partial charge is 0.170 e. The molecule has 23 heavy (non-hydrogen) atoms. The first-order valence-corrected chi connectivity index (χ1v) is 7.81. The maximum atomic E-state index is 4.40. The number of fused-ring (bicyclic) bond motifs is 1. The molecule has 4 aromatic heterocycles. The van der Waals surface area contributed by atoms with Crippen molar-refractivity contribution in [3.8, 4) is 5.82 Å². The van der Waals surface area contributed by atoms with Gasteiger partial charge in [-0.05, 0) is 37.5 Å². The van der Waals surface area contributed by atoms with Crippen LogP contribution in [0.25, 0.3) is 16.9 Å². The molecule has 0 aromatic carbocycles. The van der Waals surface area contributed by atoms with E-state index in [4.69, 9.17) is 0 Å². The van der Waals surface area contributed by atoms with Crippen LogP contribution >= 0.6 is 11.5 Å². The first kappa shape index (κ1) is 13.8. The largest absolute Gasteiger partial charge is 0.337 e. The minimum absolute atomic E-state index is 0.708. The summed E-state index contributed by atoms with van der Waals surface area (Å²) in [5.41, 5.74) is 2.65. The molecule has 0 saturated carbocycles. The monoisotopic (exact) mass is 323 g/mol. The van der Waals surface area contributed by atoms with Crippen molar-refractivity contribution in [2.45, 2.75) is 13.8 Å². The Morgan fingerprint density at radius 2 is 2.04 bits per heavy atom. The molecule has 0 bridgehead atoms. The topological polar surface area (TPSA) is 81.4 Å². The summed E-state index contributed by atoms with van der Waals surface area (Å²) >= 11 is 1.47. The molecule has 0 unspecified atom stereocenters. The van der Waals surface area contributed by atoms with Crippen molar-refractivity contribution >= 4 is 34.1 Å². The van der Waals surface area contributed by atoms with Gasteiger partial charge in [0, 0.05) is 11.1 Å². The van der Waals surface area contributed by atoms with Gasteiger partial charge in [-0.25, -0.2) is 15.0 Å². The van der Waals surface area contributed by atoms with E-state index in [-0.39, 0.29) is 0 Å². The minimum atomic E-state index is 0.708. The number of hydrogen-bond donors (Lipinski definition) is 1. The van der Waals surface area contributed by atoms with Gasteiger partial charge in [0.2, 0.25) is 0 Å². The van der Waals surface area contributed by atoms with Crippen LogP contribution in [-0.2, 0) is 0 Å². The molecule has 4 aromatic rings. The Morgan fingerprint density at radius 1 is 1.13 bits per heavy atom. The molecule has 8 heteroatoms. The lowest BCUT2D eigenvalue weighted by atomic mass is 10.3. The van der Waals surface area contributed by atoms with Crippen molar-refractivity contribution < 1.29 is 0 Å². The molecule has 4 heterocycles. The van der Waals surface area contributed by atoms with Crippen LogP contribution in [0, 0.1) is 13.8 Å². The van der Waals surface area contributed by atoms with E-state index in [1.165, 1.54) is 17.9 Å². The summed E-state index contributed by atoms with van der Waals surface area (Å²) in [6, 6.07) is 5.67. The van der Waals surface area contributed by atoms with Gasteiger partial charge in [0.05, 0.1) is 23.0 Å². The van der Waals surface area contributed by atoms with Gasteiger partial charge in [-0.2, -0.15) is 14.2 Å². The quantitative estimate of drug-likeness (QED) is 0.624. The molecule has 7 nitrogen and oxygen atoms in total. The molecular weight excluding hydrogens is 310 g/mol. The van der Waals surface area contributed by atoms with Crippen molar-refractivity contribution in [3.05, 3.63) is 47.5 Å². The van der Waals surface area contributed by atoms with Crippen molar-refractivity contribution in [2.24, 2.45) is 0 Å². The lowest BCUT2D eigenvalue weighted by Crippen LogP contribution is -2.01. The third-order valence-corrected chi connectivity index (χ3v) is 4.35. The van der Waals surface area contributed by atoms with Crippen LogP contribution < -0.4 is 5.32 Å². The van der Waals surface area contributed by atoms with E-state index < -0.39 is 0 Å². The van der Waals surface area contributed by atoms with Crippen molar-refractivity contribution in [3.63, 3.8) is 0 Å². The highest BCUT2D eigenvalue weighted by atomic mass is 32.1. The van der Waals surface area contributed by atoms with E-state index in [1.54, 1.807) is 17.1 Å². The summed E-state index contributed by atoms with van der Waals surface area (Å²) in [5.74, 6) is 1.43. The van der Waals surface area contributed by atoms with Crippen LogP contribution in [0.1, 0.15) is 10.6 Å². The molecule has 0 saturated heterocycles. The maximum absolute atomic E-state index is 4.40. The Bertz CT molecular complexity index is 955. The predicted molar refractivity (Wildman–Crippen MR) is 89.3 cm³/mol. The SMILES string of the molecule is Cc1nsc(C)c1Nc1ncnc2c1cnn2-c1ccccn1. The molecule has 0 amide bonds. The Balaban J connectivity index is 1.82. The summed E-state index contributed by atoms with van der Waals surface area (Å²) in [6.07, 6.45) is 5.00. The summed E-state index contributed by atoms with van der Waals surface area (Å²) in [6.45, 7) is 4.00. The number of nitrogens with zero attached hydrogens (tertiary/aromatic N) is 6. The summed E-state index contributed by atoms with van der Waals surface area (Å²) in [5, 5.41) is 8.59. The van der Waals surface area contributed by atoms with Gasteiger partial charge in [-0.15, -0.1) is 0 Å². The molecule has 114 valence electrons. The minimum Gasteiger partial charge on any atom is -0.337 e. The number of nitrogens with one attached hydrogen (secondary N) is 1. The van der Waals surface area contributed by atoms with Crippen molar-refractivity contribution in [1.29, 1.82) is 0 Å². The lowest BCUT2D eigenvalue weighted by molar-refractivity contribution is 0.861. The van der Waals surface area contributed by atoms with Crippen LogP contribution in [0.5, 0.6) is 0 Å². The maximum Gasteiger partial charge on any atom is 0.170 e. The summed E-state index contributed by atoms with van der Waals surface area (Å²) < 4.78 is 6.05. The van der Waals surface area contributed by atoms with E-state index >= 15 is 0 Å². The number of hydrogen-bond acceptors (Lipinski definition) is 7. The van der Waals surface area contributed by atoms with Crippen LogP contribution in [0.4, 0.5) is 11.5 Å². The van der Waals surface area contributed by atoms with Gasteiger partial charge in [0.25, 0.3) is 0 Å². The summed E-state index contributed by atoms with van der Waals surface area (Å²) in [4.78, 5) is 14.1. The molecule has 0 aliphatic heterocycles. The Morgan fingerprint density at radius 3 is 2.78 bits per heavy atom. The van der Waals surface area contributed by atoms with Crippen LogP contribution in [0.2, 0.25) is 0 Å². The van der Waals surface area contributed by atoms with Crippen LogP contribution in [0.3, 0.4) is 0 Å². The molecule has 1 N–H and O–H groups in total. The fourth-order valence-corrected chi connectivity index (χ4v) is 3.03. The standard InChI is InChI=1S/C15H13N7S/c1-9-13(10(2)23-21-9)20-14-11-7-19-22(15(11)18-8-17-14)12-5-3-4-6-16-12/h3-8H,1-2H3,(H,17,18,20). The van der Waals surface area contributed by atoms with E-state index in [1.807, 2.05) is 32.0 Å². The molecule has 0 aliphatic rings. The van der Waals surface area contributed by atoms with Gasteiger partial charge >= 0.3 is 0 Å². The lowest BCUT2D eigenvalue weighted by Gasteiger charge is -2.06. The molecular formula is C15H13N7S. The summed E-state index contributed by atoms with van der Waals surface area (Å²) in [7, 11) is 0. The second-order valence-corrected chi connectivity index (χ2v) is 6.01. The zero-order valence-corrected chi connectivity index (χ0v) is 13.4. The van der Waals surface area contributed by atoms with Crippen LogP contribution in [0.15, 0.2) is 36.9 Å². The number of pyridine rings is 1. The molecule has 0 aliphatic carbocycles. The first-order chi connectivity index (χ1) is 11.2. The van der Waals surface area contributed by atoms with E-state index in [2.05, 4.69) is 29.7 Å². The number of aromatic nitrogens is 6. The second kappa shape index (κ2) is 5.40. The highest BCUT2D eigenvalue weighted by Crippen LogP contribution is 2.29. The fourth-order valence-electron chi connectivity index (χ4n) is 2.37. The second-order valence-electron chi connectivity index (χ2n) is 5.03. The third-order valence-electron chi connectivity index (χ3n) is 3.51. The zero-order chi connectivity index (χ0) is 15.8. The average Bonchev–Trinajstić information content (AvgIpc) is 3.15. The molecule has 0 atom stereocenters. The van der Waals surface area contributed by atoms with E-state index in [9.17, 15) is 0 Å². The van der Waals surface area contributed by atoms with Gasteiger partial charge in [-0.1, -0.05) is 6.07 Å². The third kappa shape index (κ3) is 2.33.